The smallest absolute Gasteiger partial charge is 0.212 e. The van der Waals surface area contributed by atoms with Crippen molar-refractivity contribution in [2.75, 3.05) is 38.3 Å². The third-order valence-electron chi connectivity index (χ3n) is 6.70. The number of piperazine rings is 1. The predicted molar refractivity (Wildman–Crippen MR) is 132 cm³/mol. The minimum Gasteiger partial charge on any atom is -0.490 e. The van der Waals surface area contributed by atoms with Crippen molar-refractivity contribution in [2.45, 2.75) is 25.0 Å². The van der Waals surface area contributed by atoms with Crippen molar-refractivity contribution in [3.05, 3.63) is 47.9 Å². The number of anilines is 1. The Morgan fingerprint density at radius 2 is 2.08 bits per heavy atom. The minimum absolute atomic E-state index is 0.0951. The Morgan fingerprint density at radius 3 is 2.81 bits per heavy atom. The van der Waals surface area contributed by atoms with Gasteiger partial charge in [-0.25, -0.2) is 9.50 Å². The van der Waals surface area contributed by atoms with Crippen LogP contribution in [0.3, 0.4) is 0 Å². The van der Waals surface area contributed by atoms with E-state index in [0.717, 1.165) is 30.3 Å². The molecule has 2 atom stereocenters. The molecule has 0 spiro atoms. The molecule has 0 aromatic carbocycles. The van der Waals surface area contributed by atoms with Crippen LogP contribution in [-0.4, -0.2) is 80.3 Å². The molecule has 3 aliphatic heterocycles. The van der Waals surface area contributed by atoms with Crippen molar-refractivity contribution in [3.8, 4) is 28.3 Å². The lowest BCUT2D eigenvalue weighted by Gasteiger charge is -2.56. The van der Waals surface area contributed by atoms with Crippen LogP contribution in [0, 0.1) is 11.3 Å². The molecule has 11 nitrogen and oxygen atoms in total. The number of aliphatic hydroxyl groups excluding tert-OH is 1. The van der Waals surface area contributed by atoms with Gasteiger partial charge < -0.3 is 19.5 Å². The Balaban J connectivity index is 1.21. The molecule has 7 rings (SSSR count). The number of rotatable bonds is 8. The summed E-state index contributed by atoms with van der Waals surface area (Å²) in [5.74, 6) is 1.17. The fourth-order valence-corrected chi connectivity index (χ4v) is 5.85. The maximum atomic E-state index is 9.58. The molecule has 12 heteroatoms. The third-order valence-corrected chi connectivity index (χ3v) is 7.72. The van der Waals surface area contributed by atoms with Gasteiger partial charge in [0.1, 0.15) is 18.4 Å². The van der Waals surface area contributed by atoms with Gasteiger partial charge in [0.25, 0.3) is 0 Å². The summed E-state index contributed by atoms with van der Waals surface area (Å²) in [5, 5.41) is 33.5. The molecular weight excluding hydrogens is 480 g/mol. The predicted octanol–water partition coefficient (Wildman–Crippen LogP) is 1.96. The van der Waals surface area contributed by atoms with E-state index in [2.05, 4.69) is 42.2 Å². The summed E-state index contributed by atoms with van der Waals surface area (Å²) in [6, 6.07) is 8.92. The molecule has 4 aromatic heterocycles. The summed E-state index contributed by atoms with van der Waals surface area (Å²) >= 11 is 1.50. The fraction of sp³-hybridized carbons (Fsp3) is 0.375. The normalized spacial score (nSPS) is 19.2. The van der Waals surface area contributed by atoms with Gasteiger partial charge in [-0.3, -0.25) is 4.90 Å². The van der Waals surface area contributed by atoms with Crippen LogP contribution in [0.25, 0.3) is 16.1 Å². The Labute approximate surface area is 211 Å². The zero-order valence-electron chi connectivity index (χ0n) is 19.6. The first-order chi connectivity index (χ1) is 17.7. The molecule has 2 bridgehead atoms. The topological polar surface area (TPSA) is 125 Å². The van der Waals surface area contributed by atoms with Crippen LogP contribution in [0.15, 0.2) is 36.8 Å². The van der Waals surface area contributed by atoms with Gasteiger partial charge in [0.05, 0.1) is 37.2 Å². The summed E-state index contributed by atoms with van der Waals surface area (Å²) in [7, 11) is 1.62. The monoisotopic (exact) mass is 504 g/mol. The largest absolute Gasteiger partial charge is 0.490 e. The quantitative estimate of drug-likeness (QED) is 0.381. The van der Waals surface area contributed by atoms with Crippen molar-refractivity contribution >= 4 is 22.0 Å². The average molecular weight is 505 g/mol. The Morgan fingerprint density at radius 1 is 1.22 bits per heavy atom. The van der Waals surface area contributed by atoms with Crippen LogP contribution in [0.5, 0.6) is 11.6 Å². The van der Waals surface area contributed by atoms with Crippen molar-refractivity contribution in [1.29, 1.82) is 5.26 Å². The van der Waals surface area contributed by atoms with E-state index in [1.165, 1.54) is 29.5 Å². The highest BCUT2D eigenvalue weighted by atomic mass is 32.1. The first-order valence-corrected chi connectivity index (χ1v) is 12.5. The van der Waals surface area contributed by atoms with Crippen molar-refractivity contribution < 1.29 is 14.6 Å². The van der Waals surface area contributed by atoms with Gasteiger partial charge in [-0.1, -0.05) is 17.4 Å². The highest BCUT2D eigenvalue weighted by Crippen LogP contribution is 2.39. The van der Waals surface area contributed by atoms with Gasteiger partial charge >= 0.3 is 0 Å². The molecular formula is C24H24N8O3S. The van der Waals surface area contributed by atoms with Gasteiger partial charge in [0, 0.05) is 49.5 Å². The van der Waals surface area contributed by atoms with E-state index >= 15 is 0 Å². The summed E-state index contributed by atoms with van der Waals surface area (Å²) in [6.45, 7) is 2.72. The first-order valence-electron chi connectivity index (χ1n) is 11.7. The summed E-state index contributed by atoms with van der Waals surface area (Å²) < 4.78 is 12.4. The van der Waals surface area contributed by atoms with Gasteiger partial charge in [-0.15, -0.1) is 10.2 Å². The number of fused-ring (bicyclic) bond motifs is 3. The van der Waals surface area contributed by atoms with Gasteiger partial charge in [-0.2, -0.15) is 10.4 Å². The van der Waals surface area contributed by atoms with Crippen molar-refractivity contribution in [3.63, 3.8) is 0 Å². The lowest BCUT2D eigenvalue weighted by molar-refractivity contribution is -0.00856. The lowest BCUT2D eigenvalue weighted by atomic mass is 9.87. The number of piperidine rings is 1. The maximum Gasteiger partial charge on any atom is 0.212 e. The summed E-state index contributed by atoms with van der Waals surface area (Å²) in [6.07, 6.45) is 6.29. The van der Waals surface area contributed by atoms with E-state index < -0.39 is 0 Å². The standard InChI is InChI=1S/C24H24N8O3S/c1-34-21-3-2-15(9-26-21)11-31-17-6-18(31)13-30(12-17)24-29-28-23(36-24)20-7-19(35-5-4-33)14-32-22(20)16(8-25)10-27-32/h2-3,7,9-10,14,17-18,33H,4-6,11-13H2,1H3. The highest BCUT2D eigenvalue weighted by molar-refractivity contribution is 7.18. The highest BCUT2D eigenvalue weighted by Gasteiger charge is 2.45. The number of aromatic nitrogens is 5. The van der Waals surface area contributed by atoms with E-state index in [-0.39, 0.29) is 13.2 Å². The molecule has 3 aliphatic rings. The fourth-order valence-electron chi connectivity index (χ4n) is 4.97. The number of methoxy groups -OCH3 is 1. The lowest BCUT2D eigenvalue weighted by Crippen LogP contribution is -2.68. The van der Waals surface area contributed by atoms with E-state index in [1.54, 1.807) is 17.8 Å². The zero-order chi connectivity index (χ0) is 24.6. The number of ether oxygens (including phenoxy) is 2. The SMILES string of the molecule is COc1ccc(CN2C3CC2CN(c2nnc(-c4cc(OCCO)cn5ncc(C#N)c45)s2)C3)cn1. The van der Waals surface area contributed by atoms with Gasteiger partial charge in [0.2, 0.25) is 11.0 Å². The molecule has 1 N–H and O–H groups in total. The van der Waals surface area contributed by atoms with Crippen LogP contribution in [0.1, 0.15) is 17.5 Å². The third kappa shape index (κ3) is 4.01. The van der Waals surface area contributed by atoms with E-state index in [1.807, 2.05) is 18.3 Å². The maximum absolute atomic E-state index is 9.58. The molecule has 4 aromatic rings. The number of nitrogens with zero attached hydrogens (tertiary/aromatic N) is 8. The van der Waals surface area contributed by atoms with E-state index in [4.69, 9.17) is 14.6 Å². The number of nitriles is 1. The zero-order valence-corrected chi connectivity index (χ0v) is 20.4. The molecule has 7 heterocycles. The molecule has 3 saturated heterocycles. The summed E-state index contributed by atoms with van der Waals surface area (Å²) in [5.41, 5.74) is 3.04. The van der Waals surface area contributed by atoms with Crippen LogP contribution in [-0.2, 0) is 6.54 Å². The second kappa shape index (κ2) is 9.34. The van der Waals surface area contributed by atoms with E-state index in [9.17, 15) is 5.26 Å². The Hall–Kier alpha value is -3.79. The number of aliphatic hydroxyl groups is 1. The molecule has 2 unspecified atom stereocenters. The second-order valence-corrected chi connectivity index (χ2v) is 9.80. The summed E-state index contributed by atoms with van der Waals surface area (Å²) in [4.78, 5) is 9.15. The van der Waals surface area contributed by atoms with Crippen LogP contribution < -0.4 is 14.4 Å². The molecule has 0 aliphatic carbocycles. The minimum atomic E-state index is -0.0951. The number of hydrogen-bond donors (Lipinski definition) is 1. The molecule has 0 amide bonds. The van der Waals surface area contributed by atoms with Crippen LogP contribution in [0.2, 0.25) is 0 Å². The van der Waals surface area contributed by atoms with Crippen molar-refractivity contribution in [1.82, 2.24) is 29.7 Å². The van der Waals surface area contributed by atoms with E-state index in [0.29, 0.717) is 39.8 Å². The molecule has 36 heavy (non-hydrogen) atoms. The molecule has 184 valence electrons. The van der Waals surface area contributed by atoms with Gasteiger partial charge in [0.15, 0.2) is 5.01 Å². The number of pyridine rings is 2. The van der Waals surface area contributed by atoms with Crippen LogP contribution >= 0.6 is 11.3 Å². The Bertz CT molecular complexity index is 1420. The molecule has 3 fully saturated rings. The van der Waals surface area contributed by atoms with Crippen LogP contribution in [0.4, 0.5) is 5.13 Å². The average Bonchev–Trinajstić information content (AvgIpc) is 3.58. The molecule has 0 saturated carbocycles. The molecule has 0 radical (unpaired) electrons. The number of hydrogen-bond acceptors (Lipinski definition) is 11. The second-order valence-electron chi connectivity index (χ2n) is 8.84. The first kappa shape index (κ1) is 22.7. The Kier molecular flexibility index (Phi) is 5.88. The van der Waals surface area contributed by atoms with Gasteiger partial charge in [-0.05, 0) is 18.1 Å². The van der Waals surface area contributed by atoms with Crippen molar-refractivity contribution in [2.24, 2.45) is 0 Å².